The molecule has 0 aliphatic carbocycles. The minimum absolute atomic E-state index is 0.00742. The number of aryl methyl sites for hydroxylation is 2. The molecule has 0 radical (unpaired) electrons. The molecule has 150 valence electrons. The van der Waals surface area contributed by atoms with Crippen LogP contribution in [0.1, 0.15) is 11.1 Å². The van der Waals surface area contributed by atoms with Crippen molar-refractivity contribution in [1.82, 2.24) is 9.97 Å². The van der Waals surface area contributed by atoms with Gasteiger partial charge in [0.05, 0.1) is 21.9 Å². The SMILES string of the molecule is Cc1ccc2[nH]c3cc4c(=O)c5cccc(S(=O)(=O)O)c5[nH]c4c(C)c3c(=O)c2c1. The van der Waals surface area contributed by atoms with E-state index in [0.717, 1.165) is 5.56 Å². The number of hydrogen-bond acceptors (Lipinski definition) is 4. The van der Waals surface area contributed by atoms with Crippen LogP contribution in [0.4, 0.5) is 0 Å². The molecule has 5 rings (SSSR count). The minimum Gasteiger partial charge on any atom is -0.354 e. The molecule has 0 bridgehead atoms. The van der Waals surface area contributed by atoms with E-state index in [1.165, 1.54) is 18.2 Å². The van der Waals surface area contributed by atoms with Crippen LogP contribution >= 0.6 is 0 Å². The number of hydrogen-bond donors (Lipinski definition) is 3. The second kappa shape index (κ2) is 6.01. The van der Waals surface area contributed by atoms with Crippen LogP contribution < -0.4 is 10.9 Å². The summed E-state index contributed by atoms with van der Waals surface area (Å²) in [5.41, 5.74) is 2.46. The van der Waals surface area contributed by atoms with Gasteiger partial charge in [-0.2, -0.15) is 8.42 Å². The molecular weight excluding hydrogens is 404 g/mol. The van der Waals surface area contributed by atoms with Gasteiger partial charge >= 0.3 is 0 Å². The van der Waals surface area contributed by atoms with E-state index in [9.17, 15) is 22.6 Å². The molecule has 0 fully saturated rings. The van der Waals surface area contributed by atoms with Gasteiger partial charge in [0.15, 0.2) is 10.9 Å². The van der Waals surface area contributed by atoms with Gasteiger partial charge in [0.25, 0.3) is 10.1 Å². The molecular formula is C22H16N2O5S. The summed E-state index contributed by atoms with van der Waals surface area (Å²) < 4.78 is 33.2. The van der Waals surface area contributed by atoms with Crippen LogP contribution in [0.25, 0.3) is 43.6 Å². The Balaban J connectivity index is 2.06. The van der Waals surface area contributed by atoms with Crippen LogP contribution in [0, 0.1) is 13.8 Å². The minimum atomic E-state index is -4.55. The summed E-state index contributed by atoms with van der Waals surface area (Å²) in [7, 11) is -4.55. The monoisotopic (exact) mass is 420 g/mol. The first-order valence-corrected chi connectivity index (χ1v) is 10.6. The van der Waals surface area contributed by atoms with Gasteiger partial charge in [-0.3, -0.25) is 14.1 Å². The number of benzene rings is 3. The van der Waals surface area contributed by atoms with E-state index in [1.54, 1.807) is 19.1 Å². The topological polar surface area (TPSA) is 120 Å². The Morgan fingerprint density at radius 3 is 2.30 bits per heavy atom. The largest absolute Gasteiger partial charge is 0.354 e. The smallest absolute Gasteiger partial charge is 0.296 e. The van der Waals surface area contributed by atoms with Crippen molar-refractivity contribution in [3.05, 3.63) is 74.0 Å². The van der Waals surface area contributed by atoms with E-state index in [2.05, 4.69) is 9.97 Å². The average Bonchev–Trinajstić information content (AvgIpc) is 2.69. The number of para-hydroxylation sites is 1. The molecule has 2 aromatic heterocycles. The summed E-state index contributed by atoms with van der Waals surface area (Å²) in [6.45, 7) is 3.61. The quantitative estimate of drug-likeness (QED) is 0.283. The fraction of sp³-hybridized carbons (Fsp3) is 0.0909. The van der Waals surface area contributed by atoms with E-state index in [-0.39, 0.29) is 26.7 Å². The van der Waals surface area contributed by atoms with Crippen molar-refractivity contribution in [2.45, 2.75) is 18.7 Å². The maximum Gasteiger partial charge on any atom is 0.296 e. The van der Waals surface area contributed by atoms with Crippen LogP contribution in [0.2, 0.25) is 0 Å². The Kier molecular flexibility index (Phi) is 3.71. The van der Waals surface area contributed by atoms with Crippen molar-refractivity contribution >= 4 is 53.7 Å². The first-order valence-electron chi connectivity index (χ1n) is 9.19. The highest BCUT2D eigenvalue weighted by Gasteiger charge is 2.19. The molecule has 3 N–H and O–H groups in total. The zero-order valence-electron chi connectivity index (χ0n) is 16.0. The van der Waals surface area contributed by atoms with Crippen LogP contribution in [0.3, 0.4) is 0 Å². The standard InChI is InChI=1S/C22H16N2O5S/c1-10-6-7-15-13(8-10)22(26)18-11(2)19-14(9-16(18)23-15)21(25)12-4-3-5-17(20(12)24-19)30(27,28)29/h3-9H,1-2H3,(H,23,26)(H,24,25)(H,27,28,29). The summed E-state index contributed by atoms with van der Waals surface area (Å²) in [5.74, 6) is 0. The number of rotatable bonds is 1. The third kappa shape index (κ3) is 2.51. The summed E-state index contributed by atoms with van der Waals surface area (Å²) in [6, 6.07) is 11.3. The van der Waals surface area contributed by atoms with E-state index in [1.807, 2.05) is 19.1 Å². The lowest BCUT2D eigenvalue weighted by Gasteiger charge is -2.12. The lowest BCUT2D eigenvalue weighted by molar-refractivity contribution is 0.484. The second-order valence-corrected chi connectivity index (χ2v) is 8.85. The molecule has 7 nitrogen and oxygen atoms in total. The maximum absolute atomic E-state index is 13.2. The fourth-order valence-corrected chi connectivity index (χ4v) is 4.79. The molecule has 5 aromatic rings. The number of fused-ring (bicyclic) bond motifs is 4. The van der Waals surface area contributed by atoms with Crippen molar-refractivity contribution in [1.29, 1.82) is 0 Å². The van der Waals surface area contributed by atoms with E-state index in [0.29, 0.717) is 38.3 Å². The molecule has 8 heteroatoms. The van der Waals surface area contributed by atoms with Crippen molar-refractivity contribution in [2.75, 3.05) is 0 Å². The summed E-state index contributed by atoms with van der Waals surface area (Å²) >= 11 is 0. The molecule has 0 unspecified atom stereocenters. The fourth-order valence-electron chi connectivity index (χ4n) is 4.12. The summed E-state index contributed by atoms with van der Waals surface area (Å²) in [4.78, 5) is 32.2. The second-order valence-electron chi connectivity index (χ2n) is 7.46. The van der Waals surface area contributed by atoms with Crippen LogP contribution in [-0.2, 0) is 10.1 Å². The number of nitrogens with one attached hydrogen (secondary N) is 2. The van der Waals surface area contributed by atoms with E-state index in [4.69, 9.17) is 0 Å². The summed E-state index contributed by atoms with van der Waals surface area (Å²) in [5, 5.41) is 1.41. The van der Waals surface area contributed by atoms with Crippen LogP contribution in [0.15, 0.2) is 56.9 Å². The van der Waals surface area contributed by atoms with Crippen molar-refractivity contribution in [3.8, 4) is 0 Å². The van der Waals surface area contributed by atoms with Gasteiger partial charge in [0.1, 0.15) is 4.90 Å². The highest BCUT2D eigenvalue weighted by molar-refractivity contribution is 7.86. The van der Waals surface area contributed by atoms with Gasteiger partial charge in [-0.25, -0.2) is 0 Å². The zero-order valence-corrected chi connectivity index (χ0v) is 16.8. The lowest BCUT2D eigenvalue weighted by atomic mass is 10.00. The summed E-state index contributed by atoms with van der Waals surface area (Å²) in [6.07, 6.45) is 0. The number of H-pyrrole nitrogens is 2. The van der Waals surface area contributed by atoms with Gasteiger partial charge in [0, 0.05) is 21.7 Å². The van der Waals surface area contributed by atoms with Gasteiger partial charge < -0.3 is 9.97 Å². The van der Waals surface area contributed by atoms with E-state index < -0.39 is 10.1 Å². The Morgan fingerprint density at radius 1 is 0.800 bits per heavy atom. The highest BCUT2D eigenvalue weighted by Crippen LogP contribution is 2.28. The average molecular weight is 420 g/mol. The molecule has 0 saturated heterocycles. The molecule has 30 heavy (non-hydrogen) atoms. The van der Waals surface area contributed by atoms with Gasteiger partial charge in [-0.1, -0.05) is 17.7 Å². The predicted octanol–water partition coefficient (Wildman–Crippen LogP) is 3.54. The molecule has 0 aliphatic heterocycles. The molecule has 0 amide bonds. The Labute approximate surface area is 169 Å². The molecule has 3 aromatic carbocycles. The first kappa shape index (κ1) is 18.5. The van der Waals surface area contributed by atoms with Gasteiger partial charge in [-0.15, -0.1) is 0 Å². The molecule has 0 saturated carbocycles. The molecule has 2 heterocycles. The van der Waals surface area contributed by atoms with Gasteiger partial charge in [0.2, 0.25) is 0 Å². The Morgan fingerprint density at radius 2 is 1.57 bits per heavy atom. The molecule has 0 atom stereocenters. The van der Waals surface area contributed by atoms with Crippen LogP contribution in [0.5, 0.6) is 0 Å². The molecule has 0 aliphatic rings. The number of aromatic nitrogens is 2. The lowest BCUT2D eigenvalue weighted by Crippen LogP contribution is -2.12. The maximum atomic E-state index is 13.2. The van der Waals surface area contributed by atoms with Crippen molar-refractivity contribution in [2.24, 2.45) is 0 Å². The van der Waals surface area contributed by atoms with Crippen LogP contribution in [-0.4, -0.2) is 22.9 Å². The first-order chi connectivity index (χ1) is 14.2. The Bertz CT molecular complexity index is 1780. The van der Waals surface area contributed by atoms with Crippen molar-refractivity contribution in [3.63, 3.8) is 0 Å². The van der Waals surface area contributed by atoms with E-state index >= 15 is 0 Å². The normalized spacial score (nSPS) is 12.4. The molecule has 0 spiro atoms. The third-order valence-corrected chi connectivity index (χ3v) is 6.43. The highest BCUT2D eigenvalue weighted by atomic mass is 32.2. The predicted molar refractivity (Wildman–Crippen MR) is 117 cm³/mol. The van der Waals surface area contributed by atoms with Crippen molar-refractivity contribution < 1.29 is 13.0 Å². The zero-order chi connectivity index (χ0) is 21.4. The number of aromatic amines is 2. The Hall–Kier alpha value is -3.49. The number of pyridine rings is 2. The third-order valence-electron chi connectivity index (χ3n) is 5.54. The van der Waals surface area contributed by atoms with Gasteiger partial charge in [-0.05, 0) is 49.7 Å².